The molecule has 0 saturated carbocycles. The number of rotatable bonds is 5. The van der Waals surface area contributed by atoms with E-state index >= 15 is 0 Å². The van der Waals surface area contributed by atoms with E-state index in [1.807, 2.05) is 30.3 Å². The average Bonchev–Trinajstić information content (AvgIpc) is 2.49. The molecular weight excluding hydrogens is 441 g/mol. The van der Waals surface area contributed by atoms with Crippen molar-refractivity contribution in [3.63, 3.8) is 0 Å². The predicted molar refractivity (Wildman–Crippen MR) is 99.9 cm³/mol. The molecule has 2 nitrogen and oxygen atoms in total. The zero-order valence-electron chi connectivity index (χ0n) is 11.8. The number of halogens is 2. The summed E-state index contributed by atoms with van der Waals surface area (Å²) in [6, 6.07) is 13.8. The van der Waals surface area contributed by atoms with Crippen LogP contribution in [0.2, 0.25) is 0 Å². The third-order valence-corrected chi connectivity index (χ3v) is 4.57. The third-order valence-electron chi connectivity index (χ3n) is 3.20. The molecule has 1 amide bonds. The Hall–Kier alpha value is -0.880. The molecule has 0 bridgehead atoms. The van der Waals surface area contributed by atoms with Gasteiger partial charge in [-0.3, -0.25) is 4.79 Å². The molecule has 0 fully saturated rings. The van der Waals surface area contributed by atoms with Gasteiger partial charge in [0.15, 0.2) is 0 Å². The normalized spacial score (nSPS) is 10.4. The molecule has 0 aliphatic carbocycles. The zero-order chi connectivity index (χ0) is 15.2. The van der Waals surface area contributed by atoms with E-state index in [0.29, 0.717) is 5.56 Å². The first-order valence-corrected chi connectivity index (χ1v) is 8.82. The number of benzene rings is 2. The summed E-state index contributed by atoms with van der Waals surface area (Å²) in [5.41, 5.74) is 2.79. The van der Waals surface area contributed by atoms with Crippen LogP contribution >= 0.6 is 38.5 Å². The molecule has 0 atom stereocenters. The lowest BCUT2D eigenvalue weighted by Crippen LogP contribution is -2.12. The first-order valence-electron chi connectivity index (χ1n) is 6.95. The minimum Gasteiger partial charge on any atom is -0.322 e. The van der Waals surface area contributed by atoms with Crippen LogP contribution in [0.1, 0.15) is 35.7 Å². The fraction of sp³-hybridized carbons (Fsp3) is 0.235. The lowest BCUT2D eigenvalue weighted by atomic mass is 10.1. The van der Waals surface area contributed by atoms with E-state index in [1.165, 1.54) is 18.4 Å². The molecule has 0 saturated heterocycles. The van der Waals surface area contributed by atoms with Crippen molar-refractivity contribution < 1.29 is 4.79 Å². The molecule has 0 aromatic heterocycles. The number of nitrogens with one attached hydrogen (secondary N) is 1. The lowest BCUT2D eigenvalue weighted by molar-refractivity contribution is 0.102. The van der Waals surface area contributed by atoms with Gasteiger partial charge in [-0.05, 0) is 87.3 Å². The van der Waals surface area contributed by atoms with Crippen LogP contribution in [-0.2, 0) is 6.42 Å². The Labute approximate surface area is 147 Å². The molecule has 2 aromatic rings. The highest BCUT2D eigenvalue weighted by Gasteiger charge is 2.10. The summed E-state index contributed by atoms with van der Waals surface area (Å²) in [6.07, 6.45) is 3.48. The topological polar surface area (TPSA) is 29.1 Å². The van der Waals surface area contributed by atoms with Crippen LogP contribution in [0.3, 0.4) is 0 Å². The first-order chi connectivity index (χ1) is 10.1. The van der Waals surface area contributed by atoms with Crippen LogP contribution in [0.4, 0.5) is 5.69 Å². The van der Waals surface area contributed by atoms with Gasteiger partial charge in [-0.2, -0.15) is 0 Å². The molecule has 1 N–H and O–H groups in total. The SMILES string of the molecule is CCCCc1ccc(NC(=O)c2cc(I)ccc2Br)cc1. The lowest BCUT2D eigenvalue weighted by Gasteiger charge is -2.08. The largest absolute Gasteiger partial charge is 0.322 e. The molecule has 2 aromatic carbocycles. The Kier molecular flexibility index (Phi) is 6.23. The number of hydrogen-bond acceptors (Lipinski definition) is 1. The van der Waals surface area contributed by atoms with Crippen molar-refractivity contribution in [2.45, 2.75) is 26.2 Å². The number of carbonyl (C=O) groups is 1. The highest BCUT2D eigenvalue weighted by atomic mass is 127. The third kappa shape index (κ3) is 4.81. The molecule has 0 unspecified atom stereocenters. The van der Waals surface area contributed by atoms with Gasteiger partial charge in [-0.15, -0.1) is 0 Å². The Morgan fingerprint density at radius 1 is 1.19 bits per heavy atom. The van der Waals surface area contributed by atoms with E-state index < -0.39 is 0 Å². The van der Waals surface area contributed by atoms with Crippen molar-refractivity contribution in [1.82, 2.24) is 0 Å². The number of unbranched alkanes of at least 4 members (excludes halogenated alkanes) is 1. The molecule has 0 aliphatic rings. The van der Waals surface area contributed by atoms with Gasteiger partial charge in [0.2, 0.25) is 0 Å². The Morgan fingerprint density at radius 3 is 2.57 bits per heavy atom. The van der Waals surface area contributed by atoms with Crippen molar-refractivity contribution >= 4 is 50.1 Å². The summed E-state index contributed by atoms with van der Waals surface area (Å²) in [4.78, 5) is 12.3. The zero-order valence-corrected chi connectivity index (χ0v) is 15.6. The van der Waals surface area contributed by atoms with Gasteiger partial charge in [-0.25, -0.2) is 0 Å². The van der Waals surface area contributed by atoms with Crippen LogP contribution < -0.4 is 5.32 Å². The van der Waals surface area contributed by atoms with Crippen LogP contribution in [0.15, 0.2) is 46.9 Å². The Morgan fingerprint density at radius 2 is 1.90 bits per heavy atom. The summed E-state index contributed by atoms with van der Waals surface area (Å²) < 4.78 is 1.84. The monoisotopic (exact) mass is 457 g/mol. The van der Waals surface area contributed by atoms with E-state index in [0.717, 1.165) is 20.2 Å². The number of carbonyl (C=O) groups excluding carboxylic acids is 1. The van der Waals surface area contributed by atoms with E-state index in [4.69, 9.17) is 0 Å². The quantitative estimate of drug-likeness (QED) is 0.577. The predicted octanol–water partition coefficient (Wildman–Crippen LogP) is 5.65. The second-order valence-corrected chi connectivity index (χ2v) is 6.98. The second kappa shape index (κ2) is 7.94. The fourth-order valence-electron chi connectivity index (χ4n) is 2.01. The molecule has 0 spiro atoms. The standard InChI is InChI=1S/C17H17BrINO/c1-2-3-4-12-5-8-14(9-6-12)20-17(21)15-11-13(19)7-10-16(15)18/h5-11H,2-4H2,1H3,(H,20,21). The van der Waals surface area contributed by atoms with Crippen molar-refractivity contribution in [2.75, 3.05) is 5.32 Å². The maximum absolute atomic E-state index is 12.3. The summed E-state index contributed by atoms with van der Waals surface area (Å²) in [6.45, 7) is 2.19. The number of aryl methyl sites for hydroxylation is 1. The minimum absolute atomic E-state index is 0.0956. The van der Waals surface area contributed by atoms with Gasteiger partial charge in [0.25, 0.3) is 5.91 Å². The van der Waals surface area contributed by atoms with Gasteiger partial charge in [0.05, 0.1) is 5.56 Å². The smallest absolute Gasteiger partial charge is 0.256 e. The molecule has 0 heterocycles. The van der Waals surface area contributed by atoms with Gasteiger partial charge >= 0.3 is 0 Å². The molecule has 2 rings (SSSR count). The average molecular weight is 458 g/mol. The summed E-state index contributed by atoms with van der Waals surface area (Å²) >= 11 is 5.62. The molecule has 110 valence electrons. The number of anilines is 1. The highest BCUT2D eigenvalue weighted by molar-refractivity contribution is 14.1. The van der Waals surface area contributed by atoms with E-state index in [2.05, 4.69) is 62.9 Å². The van der Waals surface area contributed by atoms with Crippen molar-refractivity contribution in [2.24, 2.45) is 0 Å². The maximum Gasteiger partial charge on any atom is 0.256 e. The summed E-state index contributed by atoms with van der Waals surface area (Å²) in [5, 5.41) is 2.94. The van der Waals surface area contributed by atoms with Crippen molar-refractivity contribution in [3.8, 4) is 0 Å². The van der Waals surface area contributed by atoms with Crippen molar-refractivity contribution in [3.05, 3.63) is 61.6 Å². The van der Waals surface area contributed by atoms with Crippen molar-refractivity contribution in [1.29, 1.82) is 0 Å². The fourth-order valence-corrected chi connectivity index (χ4v) is 2.92. The van der Waals surface area contributed by atoms with E-state index in [1.54, 1.807) is 0 Å². The van der Waals surface area contributed by atoms with Crippen LogP contribution in [-0.4, -0.2) is 5.91 Å². The Bertz CT molecular complexity index is 625. The molecule has 0 radical (unpaired) electrons. The van der Waals surface area contributed by atoms with E-state index in [-0.39, 0.29) is 5.91 Å². The van der Waals surface area contributed by atoms with Crippen LogP contribution in [0.5, 0.6) is 0 Å². The first kappa shape index (κ1) is 16.5. The van der Waals surface area contributed by atoms with Crippen LogP contribution in [0, 0.1) is 3.57 Å². The Balaban J connectivity index is 2.07. The summed E-state index contributed by atoms with van der Waals surface area (Å²) in [7, 11) is 0. The maximum atomic E-state index is 12.3. The molecular formula is C17H17BrINO. The minimum atomic E-state index is -0.0956. The van der Waals surface area contributed by atoms with Gasteiger partial charge < -0.3 is 5.32 Å². The van der Waals surface area contributed by atoms with E-state index in [9.17, 15) is 4.79 Å². The van der Waals surface area contributed by atoms with Gasteiger partial charge in [0, 0.05) is 13.7 Å². The molecule has 4 heteroatoms. The summed E-state index contributed by atoms with van der Waals surface area (Å²) in [5.74, 6) is -0.0956. The van der Waals surface area contributed by atoms with Gasteiger partial charge in [0.1, 0.15) is 0 Å². The highest BCUT2D eigenvalue weighted by Crippen LogP contribution is 2.21. The molecule has 0 aliphatic heterocycles. The number of amides is 1. The molecule has 21 heavy (non-hydrogen) atoms. The number of hydrogen-bond donors (Lipinski definition) is 1. The van der Waals surface area contributed by atoms with Gasteiger partial charge in [-0.1, -0.05) is 25.5 Å². The van der Waals surface area contributed by atoms with Crippen LogP contribution in [0.25, 0.3) is 0 Å². The second-order valence-electron chi connectivity index (χ2n) is 4.88.